The van der Waals surface area contributed by atoms with Crippen LogP contribution in [0.3, 0.4) is 0 Å². The van der Waals surface area contributed by atoms with Gasteiger partial charge in [-0.2, -0.15) is 18.3 Å². The summed E-state index contributed by atoms with van der Waals surface area (Å²) in [4.78, 5) is 14.3. The molecule has 1 aliphatic heterocycles. The Balaban J connectivity index is 1.72. The van der Waals surface area contributed by atoms with Gasteiger partial charge in [0.15, 0.2) is 0 Å². The van der Waals surface area contributed by atoms with Gasteiger partial charge in [-0.25, -0.2) is 0 Å². The molecule has 0 spiro atoms. The second-order valence-corrected chi connectivity index (χ2v) is 6.42. The largest absolute Gasteiger partial charge is 0.423 e. The average Bonchev–Trinajstić information content (AvgIpc) is 3.24. The van der Waals surface area contributed by atoms with Gasteiger partial charge in [0, 0.05) is 13.0 Å². The molecule has 0 aromatic carbocycles. The van der Waals surface area contributed by atoms with E-state index in [9.17, 15) is 18.0 Å². The van der Waals surface area contributed by atoms with E-state index < -0.39 is 28.9 Å². The van der Waals surface area contributed by atoms with Crippen LogP contribution in [0.2, 0.25) is 0 Å². The van der Waals surface area contributed by atoms with Gasteiger partial charge in [0.2, 0.25) is 11.8 Å². The van der Waals surface area contributed by atoms with Crippen LogP contribution in [0, 0.1) is 5.92 Å². The number of aryl methyl sites for hydroxylation is 1. The zero-order chi connectivity index (χ0) is 17.8. The molecule has 1 N–H and O–H groups in total. The van der Waals surface area contributed by atoms with E-state index in [1.807, 2.05) is 6.92 Å². The van der Waals surface area contributed by atoms with Crippen LogP contribution in [0.15, 0.2) is 10.6 Å². The number of alkyl halides is 3. The van der Waals surface area contributed by atoms with Gasteiger partial charge >= 0.3 is 6.18 Å². The monoisotopic (exact) mass is 355 g/mol. The van der Waals surface area contributed by atoms with Gasteiger partial charge in [-0.05, 0) is 25.2 Å². The first kappa shape index (κ1) is 16.1. The summed E-state index contributed by atoms with van der Waals surface area (Å²) in [5, 5.41) is 13.6. The Morgan fingerprint density at radius 2 is 2.24 bits per heavy atom. The summed E-state index contributed by atoms with van der Waals surface area (Å²) in [5.74, 6) is 0.161. The summed E-state index contributed by atoms with van der Waals surface area (Å²) >= 11 is 0. The zero-order valence-corrected chi connectivity index (χ0v) is 13.4. The van der Waals surface area contributed by atoms with E-state index in [2.05, 4.69) is 20.4 Å². The average molecular weight is 355 g/mol. The van der Waals surface area contributed by atoms with Crippen molar-refractivity contribution in [3.05, 3.63) is 29.2 Å². The van der Waals surface area contributed by atoms with Gasteiger partial charge in [0.25, 0.3) is 5.91 Å². The van der Waals surface area contributed by atoms with Crippen LogP contribution >= 0.6 is 0 Å². The normalized spacial score (nSPS) is 25.8. The second-order valence-electron chi connectivity index (χ2n) is 6.42. The van der Waals surface area contributed by atoms with Crippen LogP contribution in [-0.2, 0) is 18.1 Å². The number of aromatic amines is 1. The van der Waals surface area contributed by atoms with Gasteiger partial charge < -0.3 is 9.32 Å². The molecule has 25 heavy (non-hydrogen) atoms. The molecule has 2 fully saturated rings. The molecule has 1 amide bonds. The van der Waals surface area contributed by atoms with Crippen LogP contribution in [-0.4, -0.2) is 37.7 Å². The van der Waals surface area contributed by atoms with Crippen molar-refractivity contribution in [2.24, 2.45) is 5.92 Å². The van der Waals surface area contributed by atoms with Crippen LogP contribution in [0.1, 0.15) is 54.0 Å². The molecule has 0 unspecified atom stereocenters. The number of nitrogens with one attached hydrogen (secondary N) is 1. The first-order chi connectivity index (χ1) is 11.9. The maximum Gasteiger partial charge on any atom is 0.420 e. The van der Waals surface area contributed by atoms with Crippen molar-refractivity contribution in [1.29, 1.82) is 0 Å². The molecule has 7 nitrogen and oxygen atoms in total. The molecule has 134 valence electrons. The number of carbonyl (C=O) groups excluding carboxylic acids is 1. The quantitative estimate of drug-likeness (QED) is 0.914. The molecule has 2 aromatic rings. The van der Waals surface area contributed by atoms with Gasteiger partial charge in [0.05, 0.1) is 6.20 Å². The molecule has 10 heteroatoms. The molecule has 4 rings (SSSR count). The summed E-state index contributed by atoms with van der Waals surface area (Å²) in [6.07, 6.45) is -1.28. The van der Waals surface area contributed by atoms with E-state index >= 15 is 0 Å². The second kappa shape index (κ2) is 5.30. The van der Waals surface area contributed by atoms with E-state index in [0.717, 1.165) is 6.42 Å². The number of aromatic nitrogens is 4. The molecule has 2 atom stereocenters. The highest BCUT2D eigenvalue weighted by molar-refractivity contribution is 5.94. The Bertz CT molecular complexity index is 814. The van der Waals surface area contributed by atoms with E-state index in [1.54, 1.807) is 0 Å². The summed E-state index contributed by atoms with van der Waals surface area (Å²) in [5.41, 5.74) is -2.41. The zero-order valence-electron chi connectivity index (χ0n) is 13.4. The number of H-pyrrole nitrogens is 1. The van der Waals surface area contributed by atoms with Crippen LogP contribution < -0.4 is 0 Å². The Kier molecular flexibility index (Phi) is 3.41. The maximum atomic E-state index is 13.1. The fourth-order valence-corrected chi connectivity index (χ4v) is 3.90. The predicted molar refractivity (Wildman–Crippen MR) is 77.3 cm³/mol. The molecule has 3 heterocycles. The van der Waals surface area contributed by atoms with Crippen molar-refractivity contribution < 1.29 is 22.4 Å². The third-order valence-corrected chi connectivity index (χ3v) is 5.28. The third kappa shape index (κ3) is 2.19. The lowest BCUT2D eigenvalue weighted by atomic mass is 9.67. The SMILES string of the molecule is CCc1nnc([C@]23CC[C@H]2CCN3C(=O)c2[nH]ncc2C(F)(F)F)o1. The lowest BCUT2D eigenvalue weighted by Crippen LogP contribution is -2.54. The van der Waals surface area contributed by atoms with Crippen molar-refractivity contribution in [2.75, 3.05) is 6.54 Å². The van der Waals surface area contributed by atoms with Crippen LogP contribution in [0.4, 0.5) is 13.2 Å². The minimum Gasteiger partial charge on any atom is -0.423 e. The molecule has 2 aliphatic rings. The highest BCUT2D eigenvalue weighted by atomic mass is 19.4. The van der Waals surface area contributed by atoms with Crippen molar-refractivity contribution >= 4 is 5.91 Å². The fraction of sp³-hybridized carbons (Fsp3) is 0.600. The van der Waals surface area contributed by atoms with Gasteiger partial charge in [-0.15, -0.1) is 10.2 Å². The van der Waals surface area contributed by atoms with Gasteiger partial charge in [-0.1, -0.05) is 6.92 Å². The summed E-state index contributed by atoms with van der Waals surface area (Å²) < 4.78 is 45.0. The first-order valence-corrected chi connectivity index (χ1v) is 8.13. The maximum absolute atomic E-state index is 13.1. The lowest BCUT2D eigenvalue weighted by Gasteiger charge is -2.46. The van der Waals surface area contributed by atoms with Crippen molar-refractivity contribution in [3.63, 3.8) is 0 Å². The number of carbonyl (C=O) groups is 1. The summed E-state index contributed by atoms with van der Waals surface area (Å²) in [6.45, 7) is 2.22. The van der Waals surface area contributed by atoms with Crippen LogP contribution in [0.5, 0.6) is 0 Å². The third-order valence-electron chi connectivity index (χ3n) is 5.28. The smallest absolute Gasteiger partial charge is 0.420 e. The van der Waals surface area contributed by atoms with E-state index in [1.165, 1.54) is 4.90 Å². The number of amides is 1. The van der Waals surface area contributed by atoms with Crippen molar-refractivity contribution in [3.8, 4) is 0 Å². The number of fused-ring (bicyclic) bond motifs is 1. The minimum absolute atomic E-state index is 0.124. The number of halogens is 3. The molecule has 1 saturated carbocycles. The molecule has 1 aliphatic carbocycles. The summed E-state index contributed by atoms with van der Waals surface area (Å²) in [7, 11) is 0. The van der Waals surface area contributed by atoms with Crippen molar-refractivity contribution in [1.82, 2.24) is 25.3 Å². The Hall–Kier alpha value is -2.39. The standard InChI is InChI=1S/C15H16F3N5O2/c1-2-10-20-22-13(25-10)14-5-3-8(14)4-6-23(14)12(24)11-9(7-19-21-11)15(16,17)18/h7-8H,2-6H2,1H3,(H,19,21)/t8-,14-/m0/s1. The Morgan fingerprint density at radius 1 is 1.44 bits per heavy atom. The lowest BCUT2D eigenvalue weighted by molar-refractivity contribution is -0.138. The molecular formula is C15H16F3N5O2. The van der Waals surface area contributed by atoms with E-state index in [4.69, 9.17) is 4.42 Å². The highest BCUT2D eigenvalue weighted by Gasteiger charge is 2.61. The first-order valence-electron chi connectivity index (χ1n) is 8.13. The number of hydrogen-bond donors (Lipinski definition) is 1. The van der Waals surface area contributed by atoms with E-state index in [0.29, 0.717) is 43.8 Å². The Labute approximate surface area is 140 Å². The molecule has 0 bridgehead atoms. The number of likely N-dealkylation sites (tertiary alicyclic amines) is 1. The van der Waals surface area contributed by atoms with Gasteiger partial charge in [0.1, 0.15) is 16.8 Å². The summed E-state index contributed by atoms with van der Waals surface area (Å²) in [6, 6.07) is 0. The predicted octanol–water partition coefficient (Wildman–Crippen LogP) is 2.53. The molecule has 1 saturated heterocycles. The topological polar surface area (TPSA) is 87.9 Å². The van der Waals surface area contributed by atoms with E-state index in [-0.39, 0.29) is 5.92 Å². The number of hydrogen-bond acceptors (Lipinski definition) is 5. The highest BCUT2D eigenvalue weighted by Crippen LogP contribution is 2.57. The molecule has 2 aromatic heterocycles. The number of rotatable bonds is 3. The Morgan fingerprint density at radius 3 is 2.84 bits per heavy atom. The fourth-order valence-electron chi connectivity index (χ4n) is 3.90. The molecular weight excluding hydrogens is 339 g/mol. The van der Waals surface area contributed by atoms with Crippen LogP contribution in [0.25, 0.3) is 0 Å². The minimum atomic E-state index is -4.65. The number of nitrogens with zero attached hydrogens (tertiary/aromatic N) is 4. The van der Waals surface area contributed by atoms with Gasteiger partial charge in [-0.3, -0.25) is 9.89 Å². The van der Waals surface area contributed by atoms with Crippen molar-refractivity contribution in [2.45, 2.75) is 44.3 Å². The molecule has 0 radical (unpaired) electrons.